The Hall–Kier alpha value is -2.04. The van der Waals surface area contributed by atoms with Crippen LogP contribution in [0.1, 0.15) is 45.1 Å². The van der Waals surface area contributed by atoms with E-state index < -0.39 is 0 Å². The van der Waals surface area contributed by atoms with Crippen molar-refractivity contribution in [3.05, 3.63) is 29.8 Å². The topological polar surface area (TPSA) is 67.4 Å². The first-order valence-corrected chi connectivity index (χ1v) is 9.20. The lowest BCUT2D eigenvalue weighted by molar-refractivity contribution is -0.130. The molecule has 2 rings (SSSR count). The minimum Gasteiger partial charge on any atom is -0.497 e. The number of nitrogens with one attached hydrogen (secondary N) is 2. The third kappa shape index (κ3) is 6.07. The maximum atomic E-state index is 12.3. The van der Waals surface area contributed by atoms with Gasteiger partial charge in [-0.05, 0) is 63.6 Å². The highest BCUT2D eigenvalue weighted by molar-refractivity contribution is 5.81. The van der Waals surface area contributed by atoms with Crippen LogP contribution in [0.3, 0.4) is 0 Å². The van der Waals surface area contributed by atoms with E-state index in [0.29, 0.717) is 6.54 Å². The van der Waals surface area contributed by atoms with Crippen molar-refractivity contribution in [3.63, 3.8) is 0 Å². The van der Waals surface area contributed by atoms with Crippen molar-refractivity contribution in [2.45, 2.75) is 52.0 Å². The Bertz CT molecular complexity index is 561. The highest BCUT2D eigenvalue weighted by Gasteiger charge is 2.29. The molecule has 5 nitrogen and oxygen atoms in total. The second kappa shape index (κ2) is 9.44. The van der Waals surface area contributed by atoms with Gasteiger partial charge in [-0.15, -0.1) is 0 Å². The van der Waals surface area contributed by atoms with Crippen molar-refractivity contribution in [2.75, 3.05) is 13.7 Å². The van der Waals surface area contributed by atoms with Gasteiger partial charge >= 0.3 is 0 Å². The molecule has 0 spiro atoms. The van der Waals surface area contributed by atoms with Gasteiger partial charge in [0.25, 0.3) is 0 Å². The first kappa shape index (κ1) is 19.3. The third-order valence-electron chi connectivity index (χ3n) is 4.77. The molecule has 0 bridgehead atoms. The molecule has 0 saturated heterocycles. The standard InChI is InChI=1S/C20H30N2O3/c1-14(2)22-20(24)17-8-6-16(7-9-17)19(23)21-13-12-15-4-10-18(25-3)11-5-15/h4-5,10-11,14,16-17H,6-9,12-13H2,1-3H3,(H,21,23)(H,22,24). The molecule has 1 aromatic carbocycles. The minimum atomic E-state index is 0.0407. The SMILES string of the molecule is COc1ccc(CCNC(=O)C2CCC(C(=O)NC(C)C)CC2)cc1. The fourth-order valence-corrected chi connectivity index (χ4v) is 3.29. The van der Waals surface area contributed by atoms with Gasteiger partial charge in [-0.1, -0.05) is 12.1 Å². The molecule has 1 aliphatic carbocycles. The maximum Gasteiger partial charge on any atom is 0.223 e. The van der Waals surface area contributed by atoms with E-state index in [4.69, 9.17) is 4.74 Å². The van der Waals surface area contributed by atoms with E-state index in [0.717, 1.165) is 37.9 Å². The predicted molar refractivity (Wildman–Crippen MR) is 98.4 cm³/mol. The van der Waals surface area contributed by atoms with Gasteiger partial charge in [0.1, 0.15) is 5.75 Å². The fourth-order valence-electron chi connectivity index (χ4n) is 3.29. The van der Waals surface area contributed by atoms with Crippen molar-refractivity contribution >= 4 is 11.8 Å². The first-order chi connectivity index (χ1) is 12.0. The maximum absolute atomic E-state index is 12.3. The van der Waals surface area contributed by atoms with E-state index in [9.17, 15) is 9.59 Å². The highest BCUT2D eigenvalue weighted by atomic mass is 16.5. The van der Waals surface area contributed by atoms with Crippen LogP contribution in [-0.4, -0.2) is 31.5 Å². The average Bonchev–Trinajstić information content (AvgIpc) is 2.61. The van der Waals surface area contributed by atoms with Gasteiger partial charge in [0, 0.05) is 24.4 Å². The summed E-state index contributed by atoms with van der Waals surface area (Å²) in [6, 6.07) is 8.07. The van der Waals surface area contributed by atoms with E-state index in [1.165, 1.54) is 5.56 Å². The summed E-state index contributed by atoms with van der Waals surface area (Å²) in [5, 5.41) is 6.00. The molecule has 0 aliphatic heterocycles. The molecule has 2 N–H and O–H groups in total. The first-order valence-electron chi connectivity index (χ1n) is 9.20. The van der Waals surface area contributed by atoms with Crippen LogP contribution in [0.4, 0.5) is 0 Å². The molecule has 0 atom stereocenters. The molecule has 1 aromatic rings. The van der Waals surface area contributed by atoms with Crippen molar-refractivity contribution < 1.29 is 14.3 Å². The van der Waals surface area contributed by atoms with Crippen LogP contribution in [0.5, 0.6) is 5.75 Å². The lowest BCUT2D eigenvalue weighted by Crippen LogP contribution is -2.39. The van der Waals surface area contributed by atoms with Gasteiger partial charge in [0.15, 0.2) is 0 Å². The van der Waals surface area contributed by atoms with Crippen molar-refractivity contribution in [1.29, 1.82) is 0 Å². The fraction of sp³-hybridized carbons (Fsp3) is 0.600. The number of hydrogen-bond donors (Lipinski definition) is 2. The van der Waals surface area contributed by atoms with E-state index >= 15 is 0 Å². The number of carbonyl (C=O) groups excluding carboxylic acids is 2. The Morgan fingerprint density at radius 1 is 1.04 bits per heavy atom. The third-order valence-corrected chi connectivity index (χ3v) is 4.77. The van der Waals surface area contributed by atoms with Crippen LogP contribution < -0.4 is 15.4 Å². The molecule has 5 heteroatoms. The zero-order valence-corrected chi connectivity index (χ0v) is 15.5. The zero-order chi connectivity index (χ0) is 18.2. The summed E-state index contributed by atoms with van der Waals surface area (Å²) < 4.78 is 5.14. The summed E-state index contributed by atoms with van der Waals surface area (Å²) in [5.74, 6) is 1.19. The smallest absolute Gasteiger partial charge is 0.223 e. The molecule has 0 aromatic heterocycles. The molecular formula is C20H30N2O3. The molecule has 1 fully saturated rings. The molecule has 0 unspecified atom stereocenters. The van der Waals surface area contributed by atoms with E-state index in [-0.39, 0.29) is 29.7 Å². The van der Waals surface area contributed by atoms with E-state index in [2.05, 4.69) is 10.6 Å². The molecule has 138 valence electrons. The van der Waals surface area contributed by atoms with Crippen LogP contribution in [0, 0.1) is 11.8 Å². The number of benzene rings is 1. The van der Waals surface area contributed by atoms with Gasteiger partial charge in [0.2, 0.25) is 11.8 Å². The zero-order valence-electron chi connectivity index (χ0n) is 15.5. The second-order valence-electron chi connectivity index (χ2n) is 7.10. The van der Waals surface area contributed by atoms with Crippen LogP contribution in [0.15, 0.2) is 24.3 Å². The number of amides is 2. The van der Waals surface area contributed by atoms with Gasteiger partial charge in [-0.25, -0.2) is 0 Å². The normalized spacial score (nSPS) is 20.2. The molecule has 1 aliphatic rings. The molecule has 2 amide bonds. The summed E-state index contributed by atoms with van der Waals surface area (Å²) in [4.78, 5) is 24.4. The molecule has 0 heterocycles. The summed E-state index contributed by atoms with van der Waals surface area (Å²) in [5.41, 5.74) is 1.18. The molecular weight excluding hydrogens is 316 g/mol. The largest absolute Gasteiger partial charge is 0.497 e. The average molecular weight is 346 g/mol. The van der Waals surface area contributed by atoms with Crippen LogP contribution in [0.2, 0.25) is 0 Å². The number of methoxy groups -OCH3 is 1. The molecule has 25 heavy (non-hydrogen) atoms. The van der Waals surface area contributed by atoms with Crippen molar-refractivity contribution in [2.24, 2.45) is 11.8 Å². The Morgan fingerprint density at radius 2 is 1.60 bits per heavy atom. The Labute approximate surface area is 150 Å². The lowest BCUT2D eigenvalue weighted by atomic mass is 9.81. The lowest BCUT2D eigenvalue weighted by Gasteiger charge is -2.27. The van der Waals surface area contributed by atoms with Crippen LogP contribution >= 0.6 is 0 Å². The summed E-state index contributed by atoms with van der Waals surface area (Å²) >= 11 is 0. The van der Waals surface area contributed by atoms with Gasteiger partial charge in [0.05, 0.1) is 7.11 Å². The number of carbonyl (C=O) groups is 2. The minimum absolute atomic E-state index is 0.0407. The van der Waals surface area contributed by atoms with Crippen molar-refractivity contribution in [1.82, 2.24) is 10.6 Å². The van der Waals surface area contributed by atoms with Gasteiger partial charge in [-0.2, -0.15) is 0 Å². The summed E-state index contributed by atoms with van der Waals surface area (Å²) in [7, 11) is 1.65. The highest BCUT2D eigenvalue weighted by Crippen LogP contribution is 2.29. The second-order valence-corrected chi connectivity index (χ2v) is 7.10. The number of rotatable bonds is 7. The Morgan fingerprint density at radius 3 is 2.12 bits per heavy atom. The van der Waals surface area contributed by atoms with Crippen LogP contribution in [-0.2, 0) is 16.0 Å². The predicted octanol–water partition coefficient (Wildman–Crippen LogP) is 2.68. The molecule has 0 radical (unpaired) electrons. The molecule has 1 saturated carbocycles. The quantitative estimate of drug-likeness (QED) is 0.798. The Balaban J connectivity index is 1.69. The van der Waals surface area contributed by atoms with Gasteiger partial charge < -0.3 is 15.4 Å². The summed E-state index contributed by atoms with van der Waals surface area (Å²) in [6.45, 7) is 4.58. The monoisotopic (exact) mass is 346 g/mol. The van der Waals surface area contributed by atoms with E-state index in [1.54, 1.807) is 7.11 Å². The Kier molecular flexibility index (Phi) is 7.29. The summed E-state index contributed by atoms with van der Waals surface area (Å²) in [6.07, 6.45) is 4.00. The van der Waals surface area contributed by atoms with Gasteiger partial charge in [-0.3, -0.25) is 9.59 Å². The number of ether oxygens (including phenoxy) is 1. The number of hydrogen-bond acceptors (Lipinski definition) is 3. The van der Waals surface area contributed by atoms with Crippen molar-refractivity contribution in [3.8, 4) is 5.75 Å². The van der Waals surface area contributed by atoms with Crippen LogP contribution in [0.25, 0.3) is 0 Å². The van der Waals surface area contributed by atoms with E-state index in [1.807, 2.05) is 38.1 Å².